The molecule has 106 valence electrons. The standard InChI is InChI=1S/C15H34ClP/c1-5-9-10-11-12-13-14-15-17(16,6-2,7-3)8-4/h5-15H2,1-4H3. The van der Waals surface area contributed by atoms with Crippen molar-refractivity contribution in [3.8, 4) is 0 Å². The molecule has 0 aromatic carbocycles. The zero-order valence-corrected chi connectivity index (χ0v) is 14.3. The van der Waals surface area contributed by atoms with Crippen molar-refractivity contribution in [1.82, 2.24) is 0 Å². The molecule has 0 aromatic rings. The monoisotopic (exact) mass is 280 g/mol. The first-order valence-corrected chi connectivity index (χ1v) is 11.6. The summed E-state index contributed by atoms with van der Waals surface area (Å²) in [4.78, 5) is 0. The number of rotatable bonds is 11. The Morgan fingerprint density at radius 2 is 1.06 bits per heavy atom. The zero-order chi connectivity index (χ0) is 13.2. The molecule has 0 aromatic heterocycles. The van der Waals surface area contributed by atoms with Gasteiger partial charge < -0.3 is 0 Å². The van der Waals surface area contributed by atoms with Gasteiger partial charge in [-0.05, 0) is 0 Å². The van der Waals surface area contributed by atoms with Crippen LogP contribution in [0.2, 0.25) is 0 Å². The minimum absolute atomic E-state index is 1.23. The van der Waals surface area contributed by atoms with Crippen molar-refractivity contribution in [2.75, 3.05) is 24.6 Å². The summed E-state index contributed by atoms with van der Waals surface area (Å²) in [5.74, 6) is -1.79. The summed E-state index contributed by atoms with van der Waals surface area (Å²) >= 11 is 7.04. The second-order valence-electron chi connectivity index (χ2n) is 5.61. The molecule has 0 radical (unpaired) electrons. The van der Waals surface area contributed by atoms with Gasteiger partial charge in [0.05, 0.1) is 0 Å². The molecule has 0 atom stereocenters. The van der Waals surface area contributed by atoms with Crippen LogP contribution in [0.4, 0.5) is 0 Å². The van der Waals surface area contributed by atoms with Crippen LogP contribution < -0.4 is 0 Å². The molecule has 0 unspecified atom stereocenters. The first-order valence-electron chi connectivity index (χ1n) is 7.76. The molecule has 0 bridgehead atoms. The molecule has 0 rings (SSSR count). The van der Waals surface area contributed by atoms with Gasteiger partial charge >= 0.3 is 114 Å². The maximum atomic E-state index is 7.04. The van der Waals surface area contributed by atoms with E-state index in [2.05, 4.69) is 27.7 Å². The fourth-order valence-corrected chi connectivity index (χ4v) is 6.27. The third kappa shape index (κ3) is 6.44. The maximum absolute atomic E-state index is 7.04. The van der Waals surface area contributed by atoms with Gasteiger partial charge in [0.2, 0.25) is 0 Å². The summed E-state index contributed by atoms with van der Waals surface area (Å²) in [7, 11) is 0. The van der Waals surface area contributed by atoms with Gasteiger partial charge in [0.15, 0.2) is 0 Å². The van der Waals surface area contributed by atoms with Crippen LogP contribution in [0.3, 0.4) is 0 Å². The molecule has 0 aliphatic carbocycles. The number of halogens is 1. The molecule has 0 spiro atoms. The number of hydrogen-bond donors (Lipinski definition) is 0. The molecule has 0 saturated heterocycles. The van der Waals surface area contributed by atoms with Gasteiger partial charge in [0.25, 0.3) is 0 Å². The average Bonchev–Trinajstić information content (AvgIpc) is 2.38. The van der Waals surface area contributed by atoms with Crippen LogP contribution >= 0.6 is 17.2 Å². The van der Waals surface area contributed by atoms with Crippen molar-refractivity contribution in [2.24, 2.45) is 0 Å². The van der Waals surface area contributed by atoms with Crippen molar-refractivity contribution < 1.29 is 0 Å². The van der Waals surface area contributed by atoms with Crippen molar-refractivity contribution in [1.29, 1.82) is 0 Å². The molecule has 0 amide bonds. The number of unbranched alkanes of at least 4 members (excludes halogenated alkanes) is 6. The van der Waals surface area contributed by atoms with Crippen LogP contribution in [-0.4, -0.2) is 24.6 Å². The molecule has 0 aliphatic rings. The zero-order valence-electron chi connectivity index (χ0n) is 12.6. The Morgan fingerprint density at radius 3 is 1.47 bits per heavy atom. The molecule has 0 aliphatic heterocycles. The minimum atomic E-state index is -1.79. The molecule has 0 nitrogen and oxygen atoms in total. The van der Waals surface area contributed by atoms with Crippen molar-refractivity contribution in [3.05, 3.63) is 0 Å². The summed E-state index contributed by atoms with van der Waals surface area (Å²) in [5.41, 5.74) is 0. The van der Waals surface area contributed by atoms with E-state index in [1.54, 1.807) is 0 Å². The van der Waals surface area contributed by atoms with Gasteiger partial charge in [0.1, 0.15) is 0 Å². The molecule has 0 saturated carbocycles. The van der Waals surface area contributed by atoms with E-state index >= 15 is 0 Å². The topological polar surface area (TPSA) is 0 Å². The van der Waals surface area contributed by atoms with Gasteiger partial charge in [-0.1, -0.05) is 0 Å². The van der Waals surface area contributed by atoms with E-state index in [0.717, 1.165) is 0 Å². The molecule has 17 heavy (non-hydrogen) atoms. The van der Waals surface area contributed by atoms with E-state index in [1.807, 2.05) is 0 Å². The molecular formula is C15H34ClP. The van der Waals surface area contributed by atoms with E-state index < -0.39 is 5.96 Å². The third-order valence-electron chi connectivity index (χ3n) is 4.69. The molecular weight excluding hydrogens is 247 g/mol. The van der Waals surface area contributed by atoms with E-state index in [1.165, 1.54) is 69.6 Å². The van der Waals surface area contributed by atoms with Gasteiger partial charge in [-0.3, -0.25) is 0 Å². The second-order valence-corrected chi connectivity index (χ2v) is 14.5. The summed E-state index contributed by atoms with van der Waals surface area (Å²) in [6.45, 7) is 9.19. The van der Waals surface area contributed by atoms with Crippen LogP contribution in [0.15, 0.2) is 0 Å². The number of hydrogen-bond acceptors (Lipinski definition) is 0. The van der Waals surface area contributed by atoms with Gasteiger partial charge in [-0.25, -0.2) is 0 Å². The van der Waals surface area contributed by atoms with Gasteiger partial charge in [-0.15, -0.1) is 0 Å². The first-order chi connectivity index (χ1) is 8.04. The molecule has 0 heterocycles. The van der Waals surface area contributed by atoms with Crippen LogP contribution in [-0.2, 0) is 0 Å². The van der Waals surface area contributed by atoms with Gasteiger partial charge in [-0.2, -0.15) is 0 Å². The normalized spacial score (nSPS) is 14.5. The predicted molar refractivity (Wildman–Crippen MR) is 87.3 cm³/mol. The fourth-order valence-electron chi connectivity index (χ4n) is 2.61. The Labute approximate surface area is 115 Å². The molecule has 2 heteroatoms. The first kappa shape index (κ1) is 17.7. The Kier molecular flexibility index (Phi) is 9.13. The van der Waals surface area contributed by atoms with E-state index in [9.17, 15) is 0 Å². The summed E-state index contributed by atoms with van der Waals surface area (Å²) in [6, 6.07) is 0. The van der Waals surface area contributed by atoms with Crippen LogP contribution in [0.5, 0.6) is 0 Å². The van der Waals surface area contributed by atoms with E-state index in [-0.39, 0.29) is 0 Å². The molecule has 0 fully saturated rings. The van der Waals surface area contributed by atoms with Crippen molar-refractivity contribution >= 4 is 17.2 Å². The fraction of sp³-hybridized carbons (Fsp3) is 1.00. The molecule has 0 N–H and O–H groups in total. The Balaban J connectivity index is 3.77. The quantitative estimate of drug-likeness (QED) is 0.299. The SMILES string of the molecule is CCCCCCCCCP(Cl)(CC)(CC)CC. The average molecular weight is 281 g/mol. The van der Waals surface area contributed by atoms with Crippen molar-refractivity contribution in [2.45, 2.75) is 72.6 Å². The predicted octanol–water partition coefficient (Wildman–Crippen LogP) is 6.50. The van der Waals surface area contributed by atoms with Crippen LogP contribution in [0, 0.1) is 0 Å². The van der Waals surface area contributed by atoms with E-state index in [0.29, 0.717) is 0 Å². The summed E-state index contributed by atoms with van der Waals surface area (Å²) in [5, 5.41) is 0. The summed E-state index contributed by atoms with van der Waals surface area (Å²) < 4.78 is 0. The Morgan fingerprint density at radius 1 is 0.647 bits per heavy atom. The van der Waals surface area contributed by atoms with Crippen molar-refractivity contribution in [3.63, 3.8) is 0 Å². The van der Waals surface area contributed by atoms with Crippen LogP contribution in [0.25, 0.3) is 0 Å². The third-order valence-corrected chi connectivity index (χ3v) is 13.5. The summed E-state index contributed by atoms with van der Waals surface area (Å²) in [6.07, 6.45) is 14.8. The Hall–Kier alpha value is 0.720. The van der Waals surface area contributed by atoms with E-state index in [4.69, 9.17) is 11.2 Å². The van der Waals surface area contributed by atoms with Crippen LogP contribution in [0.1, 0.15) is 72.6 Å². The Bertz CT molecular complexity index is 176. The second kappa shape index (κ2) is 8.76. The van der Waals surface area contributed by atoms with Gasteiger partial charge in [0, 0.05) is 0 Å².